The number of nitrogens with zero attached hydrogens (tertiary/aromatic N) is 2. The zero-order chi connectivity index (χ0) is 11.3. The van der Waals surface area contributed by atoms with Crippen LogP contribution in [0.25, 0.3) is 0 Å². The molecule has 0 bridgehead atoms. The zero-order valence-electron chi connectivity index (χ0n) is 9.04. The van der Waals surface area contributed by atoms with Gasteiger partial charge in [-0.2, -0.15) is 0 Å². The molecule has 0 saturated carbocycles. The molecular weight excluding hydrogens is 216 g/mol. The van der Waals surface area contributed by atoms with Gasteiger partial charge >= 0.3 is 0 Å². The Hall–Kier alpha value is -0.770. The number of hydrogen-bond acceptors (Lipinski definition) is 2. The van der Waals surface area contributed by atoms with E-state index in [1.165, 1.54) is 0 Å². The van der Waals surface area contributed by atoms with E-state index in [0.29, 0.717) is 6.54 Å². The van der Waals surface area contributed by atoms with Crippen LogP contribution in [0.5, 0.6) is 0 Å². The van der Waals surface area contributed by atoms with Crippen molar-refractivity contribution >= 4 is 23.4 Å². The van der Waals surface area contributed by atoms with E-state index in [0.717, 1.165) is 25.9 Å². The molecule has 1 heterocycles. The van der Waals surface area contributed by atoms with Crippen molar-refractivity contribution in [1.82, 2.24) is 9.80 Å². The molecule has 15 heavy (non-hydrogen) atoms. The van der Waals surface area contributed by atoms with Gasteiger partial charge in [-0.1, -0.05) is 6.92 Å². The fourth-order valence-electron chi connectivity index (χ4n) is 1.72. The van der Waals surface area contributed by atoms with Crippen molar-refractivity contribution in [2.75, 3.05) is 32.1 Å². The summed E-state index contributed by atoms with van der Waals surface area (Å²) in [7, 11) is 0. The Kier molecular flexibility index (Phi) is 4.88. The Morgan fingerprint density at radius 2 is 2.20 bits per heavy atom. The molecule has 2 amide bonds. The van der Waals surface area contributed by atoms with E-state index in [2.05, 4.69) is 0 Å². The fraction of sp³-hybridized carbons (Fsp3) is 0.800. The maximum absolute atomic E-state index is 11.7. The normalized spacial score (nSPS) is 17.9. The van der Waals surface area contributed by atoms with Crippen molar-refractivity contribution in [2.24, 2.45) is 0 Å². The van der Waals surface area contributed by atoms with Gasteiger partial charge < -0.3 is 9.80 Å². The summed E-state index contributed by atoms with van der Waals surface area (Å²) in [5.41, 5.74) is 0. The first kappa shape index (κ1) is 12.3. The van der Waals surface area contributed by atoms with Crippen LogP contribution in [-0.4, -0.2) is 53.7 Å². The molecule has 0 atom stereocenters. The van der Waals surface area contributed by atoms with Crippen molar-refractivity contribution in [3.63, 3.8) is 0 Å². The molecule has 0 spiro atoms. The molecule has 0 aromatic heterocycles. The topological polar surface area (TPSA) is 40.6 Å². The third kappa shape index (κ3) is 3.38. The largest absolute Gasteiger partial charge is 0.341 e. The van der Waals surface area contributed by atoms with E-state index < -0.39 is 0 Å². The van der Waals surface area contributed by atoms with Gasteiger partial charge in [0.25, 0.3) is 0 Å². The summed E-state index contributed by atoms with van der Waals surface area (Å²) in [5, 5.41) is 0. The van der Waals surface area contributed by atoms with Crippen LogP contribution in [0.3, 0.4) is 0 Å². The number of alkyl halides is 1. The summed E-state index contributed by atoms with van der Waals surface area (Å²) >= 11 is 5.47. The van der Waals surface area contributed by atoms with Crippen LogP contribution in [0, 0.1) is 0 Å². The van der Waals surface area contributed by atoms with Crippen LogP contribution in [0.1, 0.15) is 19.8 Å². The van der Waals surface area contributed by atoms with Crippen molar-refractivity contribution in [2.45, 2.75) is 19.8 Å². The Bertz CT molecular complexity index is 246. The van der Waals surface area contributed by atoms with Gasteiger partial charge in [-0.05, 0) is 12.8 Å². The second kappa shape index (κ2) is 5.95. The van der Waals surface area contributed by atoms with Gasteiger partial charge in [0.2, 0.25) is 11.8 Å². The smallest absolute Gasteiger partial charge is 0.242 e. The highest BCUT2D eigenvalue weighted by molar-refractivity contribution is 6.27. The van der Waals surface area contributed by atoms with Gasteiger partial charge in [-0.15, -0.1) is 11.6 Å². The highest BCUT2D eigenvalue weighted by Gasteiger charge is 2.23. The lowest BCUT2D eigenvalue weighted by Gasteiger charge is -2.20. The lowest BCUT2D eigenvalue weighted by Crippen LogP contribution is -2.40. The maximum atomic E-state index is 11.7. The summed E-state index contributed by atoms with van der Waals surface area (Å²) in [5.74, 6) is -0.155. The summed E-state index contributed by atoms with van der Waals surface area (Å²) in [6.07, 6.45) is 1.80. The summed E-state index contributed by atoms with van der Waals surface area (Å²) in [4.78, 5) is 26.4. The molecule has 5 heteroatoms. The average Bonchev–Trinajstić information content (AvgIpc) is 2.41. The van der Waals surface area contributed by atoms with Crippen LogP contribution < -0.4 is 0 Å². The molecule has 0 aromatic carbocycles. The van der Waals surface area contributed by atoms with Gasteiger partial charge in [0.15, 0.2) is 0 Å². The fourth-order valence-corrected chi connectivity index (χ4v) is 1.89. The van der Waals surface area contributed by atoms with E-state index in [-0.39, 0.29) is 24.2 Å². The Morgan fingerprint density at radius 1 is 1.47 bits per heavy atom. The molecule has 4 nitrogen and oxygen atoms in total. The predicted molar refractivity (Wildman–Crippen MR) is 58.8 cm³/mol. The summed E-state index contributed by atoms with van der Waals surface area (Å²) in [6, 6.07) is 0. The SMILES string of the molecule is CCCN1CCCN(C(=O)CCl)CC1=O. The van der Waals surface area contributed by atoms with Crippen molar-refractivity contribution in [3.05, 3.63) is 0 Å². The first-order valence-electron chi connectivity index (χ1n) is 5.30. The summed E-state index contributed by atoms with van der Waals surface area (Å²) in [6.45, 7) is 4.39. The standard InChI is InChI=1S/C10H17ClN2O2/c1-2-4-12-5-3-6-13(8-10(12)15)9(14)7-11/h2-8H2,1H3. The Morgan fingerprint density at radius 3 is 2.80 bits per heavy atom. The molecule has 1 aliphatic heterocycles. The molecule has 1 fully saturated rings. The Labute approximate surface area is 95.2 Å². The molecule has 1 rings (SSSR count). The third-order valence-electron chi connectivity index (χ3n) is 2.50. The van der Waals surface area contributed by atoms with Gasteiger partial charge in [0, 0.05) is 19.6 Å². The minimum absolute atomic E-state index is 0.0350. The lowest BCUT2D eigenvalue weighted by molar-refractivity contribution is -0.137. The third-order valence-corrected chi connectivity index (χ3v) is 2.72. The molecule has 86 valence electrons. The second-order valence-corrected chi connectivity index (χ2v) is 3.95. The van der Waals surface area contributed by atoms with Gasteiger partial charge in [0.1, 0.15) is 5.88 Å². The number of carbonyl (C=O) groups excluding carboxylic acids is 2. The highest BCUT2D eigenvalue weighted by atomic mass is 35.5. The quantitative estimate of drug-likeness (QED) is 0.672. The number of rotatable bonds is 3. The maximum Gasteiger partial charge on any atom is 0.242 e. The van der Waals surface area contributed by atoms with Crippen molar-refractivity contribution in [1.29, 1.82) is 0 Å². The second-order valence-electron chi connectivity index (χ2n) is 3.68. The van der Waals surface area contributed by atoms with Crippen LogP contribution in [0.15, 0.2) is 0 Å². The van der Waals surface area contributed by atoms with Crippen molar-refractivity contribution in [3.8, 4) is 0 Å². The van der Waals surface area contributed by atoms with Crippen LogP contribution in [0.4, 0.5) is 0 Å². The van der Waals surface area contributed by atoms with Crippen molar-refractivity contribution < 1.29 is 9.59 Å². The molecule has 0 aliphatic carbocycles. The number of hydrogen-bond donors (Lipinski definition) is 0. The zero-order valence-corrected chi connectivity index (χ0v) is 9.79. The molecule has 0 unspecified atom stereocenters. The average molecular weight is 233 g/mol. The monoisotopic (exact) mass is 232 g/mol. The molecular formula is C10H17ClN2O2. The van der Waals surface area contributed by atoms with E-state index in [1.807, 2.05) is 11.8 Å². The molecule has 0 aromatic rings. The Balaban J connectivity index is 2.56. The minimum atomic E-state index is -0.150. The molecule has 0 radical (unpaired) electrons. The number of carbonyl (C=O) groups is 2. The molecule has 1 saturated heterocycles. The summed E-state index contributed by atoms with van der Waals surface area (Å²) < 4.78 is 0. The minimum Gasteiger partial charge on any atom is -0.341 e. The van der Waals surface area contributed by atoms with E-state index in [1.54, 1.807) is 4.90 Å². The predicted octanol–water partition coefficient (Wildman–Crippen LogP) is 0.696. The highest BCUT2D eigenvalue weighted by Crippen LogP contribution is 2.06. The van der Waals surface area contributed by atoms with Crippen LogP contribution in [-0.2, 0) is 9.59 Å². The number of amides is 2. The molecule has 1 aliphatic rings. The first-order valence-corrected chi connectivity index (χ1v) is 5.84. The van der Waals surface area contributed by atoms with E-state index >= 15 is 0 Å². The van der Waals surface area contributed by atoms with Crippen LogP contribution >= 0.6 is 11.6 Å². The van der Waals surface area contributed by atoms with E-state index in [9.17, 15) is 9.59 Å². The number of halogens is 1. The first-order chi connectivity index (χ1) is 7.19. The van der Waals surface area contributed by atoms with Gasteiger partial charge in [-0.25, -0.2) is 0 Å². The van der Waals surface area contributed by atoms with Gasteiger partial charge in [-0.3, -0.25) is 9.59 Å². The van der Waals surface area contributed by atoms with Crippen LogP contribution in [0.2, 0.25) is 0 Å². The molecule has 0 N–H and O–H groups in total. The lowest BCUT2D eigenvalue weighted by atomic mass is 10.3. The van der Waals surface area contributed by atoms with Gasteiger partial charge in [0.05, 0.1) is 6.54 Å². The van der Waals surface area contributed by atoms with E-state index in [4.69, 9.17) is 11.6 Å².